The second kappa shape index (κ2) is 5.45. The van der Waals surface area contributed by atoms with Gasteiger partial charge in [0.25, 0.3) is 0 Å². The molecule has 0 aliphatic rings. The van der Waals surface area contributed by atoms with E-state index in [0.29, 0.717) is 31.9 Å². The van der Waals surface area contributed by atoms with Crippen molar-refractivity contribution in [2.45, 2.75) is 13.8 Å². The predicted molar refractivity (Wildman–Crippen MR) is 89.5 cm³/mol. The Bertz CT molecular complexity index is 840. The van der Waals surface area contributed by atoms with Gasteiger partial charge in [-0.05, 0) is 37.1 Å². The van der Waals surface area contributed by atoms with Crippen LogP contribution in [0.4, 0.5) is 0 Å². The van der Waals surface area contributed by atoms with Gasteiger partial charge >= 0.3 is 0 Å². The van der Waals surface area contributed by atoms with Crippen LogP contribution in [0.5, 0.6) is 0 Å². The molecule has 0 bridgehead atoms. The first-order valence-electron chi connectivity index (χ1n) is 6.37. The van der Waals surface area contributed by atoms with E-state index in [9.17, 15) is 0 Å². The lowest BCUT2D eigenvalue weighted by molar-refractivity contribution is 1.20. The molecule has 0 saturated carbocycles. The largest absolute Gasteiger partial charge is 0.226 e. The van der Waals surface area contributed by atoms with Crippen molar-refractivity contribution < 1.29 is 0 Å². The van der Waals surface area contributed by atoms with Crippen LogP contribution < -0.4 is 0 Å². The van der Waals surface area contributed by atoms with Crippen molar-refractivity contribution in [2.75, 3.05) is 0 Å². The highest BCUT2D eigenvalue weighted by molar-refractivity contribution is 6.44. The molecule has 1 aromatic heterocycles. The molecule has 5 heteroatoms. The maximum absolute atomic E-state index is 6.30. The molecule has 0 aliphatic carbocycles. The molecular formula is C16H11Cl3N2. The number of nitrogens with zero attached hydrogens (tertiary/aromatic N) is 2. The molecule has 2 nitrogen and oxygen atoms in total. The third-order valence-electron chi connectivity index (χ3n) is 3.41. The third-order valence-corrected chi connectivity index (χ3v) is 4.30. The molecule has 0 saturated heterocycles. The van der Waals surface area contributed by atoms with Crippen LogP contribution in [-0.2, 0) is 0 Å². The molecule has 0 amide bonds. The first-order chi connectivity index (χ1) is 9.99. The summed E-state index contributed by atoms with van der Waals surface area (Å²) in [5.41, 5.74) is 3.71. The fraction of sp³-hybridized carbons (Fsp3) is 0.125. The van der Waals surface area contributed by atoms with Crippen LogP contribution in [0.2, 0.25) is 15.2 Å². The average molecular weight is 338 g/mol. The number of hydrogen-bond acceptors (Lipinski definition) is 2. The zero-order chi connectivity index (χ0) is 15.1. The number of benzene rings is 2. The van der Waals surface area contributed by atoms with E-state index in [1.54, 1.807) is 12.1 Å². The molecule has 1 heterocycles. The summed E-state index contributed by atoms with van der Waals surface area (Å²) >= 11 is 18.7. The number of hydrogen-bond donors (Lipinski definition) is 0. The molecule has 2 aromatic carbocycles. The minimum Gasteiger partial charge on any atom is -0.226 e. The smallest absolute Gasteiger partial charge is 0.162 e. The highest BCUT2D eigenvalue weighted by Crippen LogP contribution is 2.35. The van der Waals surface area contributed by atoms with Gasteiger partial charge in [0.2, 0.25) is 0 Å². The predicted octanol–water partition coefficient (Wildman–Crippen LogP) is 5.87. The van der Waals surface area contributed by atoms with E-state index in [2.05, 4.69) is 9.97 Å². The minimum absolute atomic E-state index is 0.310. The SMILES string of the molecule is Cc1cccc(C)c1-c1nc(Cl)c2c(Cl)ccc(Cl)c2n1. The van der Waals surface area contributed by atoms with Crippen molar-refractivity contribution in [1.29, 1.82) is 0 Å². The van der Waals surface area contributed by atoms with Gasteiger partial charge in [0, 0.05) is 5.56 Å². The van der Waals surface area contributed by atoms with Crippen molar-refractivity contribution in [3.05, 3.63) is 56.7 Å². The zero-order valence-corrected chi connectivity index (χ0v) is 13.7. The summed E-state index contributed by atoms with van der Waals surface area (Å²) in [7, 11) is 0. The highest BCUT2D eigenvalue weighted by atomic mass is 35.5. The molecular weight excluding hydrogens is 327 g/mol. The van der Waals surface area contributed by atoms with Crippen LogP contribution in [0.3, 0.4) is 0 Å². The molecule has 0 unspecified atom stereocenters. The van der Waals surface area contributed by atoms with E-state index in [1.807, 2.05) is 32.0 Å². The van der Waals surface area contributed by atoms with Crippen molar-refractivity contribution >= 4 is 45.7 Å². The van der Waals surface area contributed by atoms with Crippen molar-refractivity contribution in [3.8, 4) is 11.4 Å². The summed E-state index contributed by atoms with van der Waals surface area (Å²) in [6.45, 7) is 4.03. The van der Waals surface area contributed by atoms with Crippen LogP contribution in [0.25, 0.3) is 22.3 Å². The molecule has 0 radical (unpaired) electrons. The Kier molecular flexibility index (Phi) is 3.78. The average Bonchev–Trinajstić information content (AvgIpc) is 2.42. The number of aryl methyl sites for hydroxylation is 2. The summed E-state index contributed by atoms with van der Waals surface area (Å²) < 4.78 is 0. The second-order valence-corrected chi connectivity index (χ2v) is 6.03. The van der Waals surface area contributed by atoms with Gasteiger partial charge in [0.1, 0.15) is 5.15 Å². The maximum atomic E-state index is 6.30. The van der Waals surface area contributed by atoms with Gasteiger partial charge in [-0.15, -0.1) is 0 Å². The van der Waals surface area contributed by atoms with E-state index in [4.69, 9.17) is 34.8 Å². The Morgan fingerprint density at radius 1 is 0.810 bits per heavy atom. The van der Waals surface area contributed by atoms with Gasteiger partial charge in [-0.2, -0.15) is 0 Å². The lowest BCUT2D eigenvalue weighted by Crippen LogP contribution is -1.97. The molecule has 3 rings (SSSR count). The van der Waals surface area contributed by atoms with Gasteiger partial charge in [-0.3, -0.25) is 0 Å². The molecule has 0 fully saturated rings. The van der Waals surface area contributed by atoms with E-state index in [0.717, 1.165) is 16.7 Å². The topological polar surface area (TPSA) is 25.8 Å². The quantitative estimate of drug-likeness (QED) is 0.519. The lowest BCUT2D eigenvalue weighted by Gasteiger charge is -2.11. The Morgan fingerprint density at radius 2 is 1.43 bits per heavy atom. The van der Waals surface area contributed by atoms with E-state index in [-0.39, 0.29) is 0 Å². The molecule has 21 heavy (non-hydrogen) atoms. The van der Waals surface area contributed by atoms with Crippen molar-refractivity contribution in [1.82, 2.24) is 9.97 Å². The molecule has 0 aliphatic heterocycles. The number of rotatable bonds is 1. The molecule has 3 aromatic rings. The number of fused-ring (bicyclic) bond motifs is 1. The maximum Gasteiger partial charge on any atom is 0.162 e. The van der Waals surface area contributed by atoms with Crippen molar-refractivity contribution in [3.63, 3.8) is 0 Å². The highest BCUT2D eigenvalue weighted by Gasteiger charge is 2.15. The molecule has 0 atom stereocenters. The Balaban J connectivity index is 2.39. The number of halogens is 3. The standard InChI is InChI=1S/C16H11Cl3N2/c1-8-4-3-5-9(2)12(8)16-20-14-11(18)7-6-10(17)13(14)15(19)21-16/h3-7H,1-2H3. The molecule has 0 N–H and O–H groups in total. The Labute approximate surface area is 137 Å². The summed E-state index contributed by atoms with van der Waals surface area (Å²) in [4.78, 5) is 8.98. The minimum atomic E-state index is 0.310. The fourth-order valence-electron chi connectivity index (χ4n) is 2.41. The Morgan fingerprint density at radius 3 is 2.10 bits per heavy atom. The summed E-state index contributed by atoms with van der Waals surface area (Å²) in [5.74, 6) is 0.562. The Hall–Kier alpha value is -1.35. The first-order valence-corrected chi connectivity index (χ1v) is 7.50. The van der Waals surface area contributed by atoms with Crippen LogP contribution in [0.15, 0.2) is 30.3 Å². The van der Waals surface area contributed by atoms with Crippen molar-refractivity contribution in [2.24, 2.45) is 0 Å². The van der Waals surface area contributed by atoms with Crippen LogP contribution >= 0.6 is 34.8 Å². The molecule has 0 spiro atoms. The summed E-state index contributed by atoms with van der Waals surface area (Å²) in [5, 5.41) is 1.89. The first kappa shape index (κ1) is 14.6. The van der Waals surface area contributed by atoms with Crippen LogP contribution in [-0.4, -0.2) is 9.97 Å². The zero-order valence-electron chi connectivity index (χ0n) is 11.4. The van der Waals surface area contributed by atoms with E-state index in [1.165, 1.54) is 0 Å². The monoisotopic (exact) mass is 336 g/mol. The van der Waals surface area contributed by atoms with Gasteiger partial charge in [0.15, 0.2) is 5.82 Å². The normalized spacial score (nSPS) is 11.1. The lowest BCUT2D eigenvalue weighted by atomic mass is 10.0. The van der Waals surface area contributed by atoms with Gasteiger partial charge < -0.3 is 0 Å². The van der Waals surface area contributed by atoms with Gasteiger partial charge in [-0.1, -0.05) is 53.0 Å². The summed E-state index contributed by atoms with van der Waals surface area (Å²) in [6, 6.07) is 9.44. The van der Waals surface area contributed by atoms with Crippen LogP contribution in [0.1, 0.15) is 11.1 Å². The third kappa shape index (κ3) is 2.48. The molecule has 106 valence electrons. The van der Waals surface area contributed by atoms with E-state index >= 15 is 0 Å². The van der Waals surface area contributed by atoms with Gasteiger partial charge in [0.05, 0.1) is 20.9 Å². The summed E-state index contributed by atoms with van der Waals surface area (Å²) in [6.07, 6.45) is 0. The van der Waals surface area contributed by atoms with E-state index < -0.39 is 0 Å². The van der Waals surface area contributed by atoms with Crippen LogP contribution in [0, 0.1) is 13.8 Å². The number of aromatic nitrogens is 2. The fourth-order valence-corrected chi connectivity index (χ4v) is 3.17. The van der Waals surface area contributed by atoms with Gasteiger partial charge in [-0.25, -0.2) is 9.97 Å². The second-order valence-electron chi connectivity index (χ2n) is 4.86.